The Balaban J connectivity index is 1.90. The predicted octanol–water partition coefficient (Wildman–Crippen LogP) is 3.19. The first-order valence-corrected chi connectivity index (χ1v) is 7.41. The molecule has 3 N–H and O–H groups in total. The van der Waals surface area contributed by atoms with Crippen LogP contribution in [0, 0.1) is 5.82 Å². The van der Waals surface area contributed by atoms with E-state index in [0.717, 1.165) is 4.88 Å². The summed E-state index contributed by atoms with van der Waals surface area (Å²) >= 11 is 7.32. The SMILES string of the molecule is CN(CC(=O)Nc1cc(N)ccc1F)Cc1ccc(Cl)s1. The van der Waals surface area contributed by atoms with E-state index in [2.05, 4.69) is 5.32 Å². The quantitative estimate of drug-likeness (QED) is 0.829. The molecule has 1 aromatic carbocycles. The molecular formula is C14H15ClFN3OS. The molecule has 0 fully saturated rings. The van der Waals surface area contributed by atoms with Crippen molar-refractivity contribution in [2.75, 3.05) is 24.6 Å². The Labute approximate surface area is 131 Å². The number of likely N-dealkylation sites (N-methyl/N-ethyl adjacent to an activating group) is 1. The molecule has 0 atom stereocenters. The minimum absolute atomic E-state index is 0.0903. The van der Waals surface area contributed by atoms with Gasteiger partial charge in [-0.2, -0.15) is 0 Å². The van der Waals surface area contributed by atoms with Crippen molar-refractivity contribution in [1.82, 2.24) is 4.90 Å². The van der Waals surface area contributed by atoms with Crippen LogP contribution in [0.3, 0.4) is 0 Å². The van der Waals surface area contributed by atoms with E-state index in [4.69, 9.17) is 17.3 Å². The minimum atomic E-state index is -0.509. The van der Waals surface area contributed by atoms with Crippen LogP contribution in [-0.2, 0) is 11.3 Å². The molecule has 1 heterocycles. The number of benzene rings is 1. The smallest absolute Gasteiger partial charge is 0.238 e. The number of nitrogen functional groups attached to an aromatic ring is 1. The predicted molar refractivity (Wildman–Crippen MR) is 85.1 cm³/mol. The Morgan fingerprint density at radius 2 is 2.19 bits per heavy atom. The number of thiophene rings is 1. The zero-order valence-corrected chi connectivity index (χ0v) is 13.0. The van der Waals surface area contributed by atoms with E-state index >= 15 is 0 Å². The van der Waals surface area contributed by atoms with Gasteiger partial charge in [0.25, 0.3) is 0 Å². The van der Waals surface area contributed by atoms with Crippen LogP contribution in [0.25, 0.3) is 0 Å². The highest BCUT2D eigenvalue weighted by molar-refractivity contribution is 7.16. The summed E-state index contributed by atoms with van der Waals surface area (Å²) < 4.78 is 14.2. The maximum Gasteiger partial charge on any atom is 0.238 e. The maximum absolute atomic E-state index is 13.5. The Bertz CT molecular complexity index is 647. The standard InChI is InChI=1S/C14H15ClFN3OS/c1-19(7-10-3-5-13(15)21-10)8-14(20)18-12-6-9(17)2-4-11(12)16/h2-6H,7-8,17H2,1H3,(H,18,20). The second kappa shape index (κ2) is 6.89. The number of rotatable bonds is 5. The topological polar surface area (TPSA) is 58.4 Å². The highest BCUT2D eigenvalue weighted by Crippen LogP contribution is 2.22. The van der Waals surface area contributed by atoms with Crippen molar-refractivity contribution in [3.63, 3.8) is 0 Å². The van der Waals surface area contributed by atoms with Gasteiger partial charge >= 0.3 is 0 Å². The van der Waals surface area contributed by atoms with Crippen molar-refractivity contribution in [2.45, 2.75) is 6.54 Å². The van der Waals surface area contributed by atoms with Crippen molar-refractivity contribution in [3.8, 4) is 0 Å². The number of nitrogens with one attached hydrogen (secondary N) is 1. The summed E-state index contributed by atoms with van der Waals surface area (Å²) in [5.41, 5.74) is 6.06. The Hall–Kier alpha value is -1.63. The van der Waals surface area contributed by atoms with Crippen LogP contribution in [0.5, 0.6) is 0 Å². The number of carbonyl (C=O) groups excluding carboxylic acids is 1. The van der Waals surface area contributed by atoms with Gasteiger partial charge in [0.1, 0.15) is 5.82 Å². The molecular weight excluding hydrogens is 313 g/mol. The summed E-state index contributed by atoms with van der Waals surface area (Å²) in [5.74, 6) is -0.810. The van der Waals surface area contributed by atoms with Gasteiger partial charge in [-0.3, -0.25) is 9.69 Å². The molecule has 21 heavy (non-hydrogen) atoms. The van der Waals surface area contributed by atoms with Crippen LogP contribution < -0.4 is 11.1 Å². The Kier molecular flexibility index (Phi) is 5.17. The van der Waals surface area contributed by atoms with E-state index in [1.807, 2.05) is 24.1 Å². The molecule has 0 aliphatic rings. The second-order valence-electron chi connectivity index (χ2n) is 4.67. The Morgan fingerprint density at radius 3 is 2.86 bits per heavy atom. The van der Waals surface area contributed by atoms with Gasteiger partial charge in [0.05, 0.1) is 16.6 Å². The number of carbonyl (C=O) groups is 1. The van der Waals surface area contributed by atoms with E-state index in [9.17, 15) is 9.18 Å². The lowest BCUT2D eigenvalue weighted by atomic mass is 10.2. The van der Waals surface area contributed by atoms with Crippen LogP contribution in [0.2, 0.25) is 4.34 Å². The van der Waals surface area contributed by atoms with Crippen molar-refractivity contribution in [2.24, 2.45) is 0 Å². The first kappa shape index (κ1) is 15.8. The van der Waals surface area contributed by atoms with Crippen LogP contribution in [0.1, 0.15) is 4.88 Å². The zero-order chi connectivity index (χ0) is 15.4. The molecule has 0 unspecified atom stereocenters. The highest BCUT2D eigenvalue weighted by Gasteiger charge is 2.11. The molecule has 112 valence electrons. The number of anilines is 2. The number of amides is 1. The molecule has 0 bridgehead atoms. The van der Waals surface area contributed by atoms with Gasteiger partial charge in [0.15, 0.2) is 0 Å². The monoisotopic (exact) mass is 327 g/mol. The lowest BCUT2D eigenvalue weighted by Crippen LogP contribution is -2.29. The van der Waals surface area contributed by atoms with Crippen LogP contribution in [0.15, 0.2) is 30.3 Å². The number of hydrogen-bond donors (Lipinski definition) is 2. The van der Waals surface area contributed by atoms with Gasteiger partial charge in [-0.05, 0) is 37.4 Å². The summed E-state index contributed by atoms with van der Waals surface area (Å²) in [5, 5.41) is 2.51. The summed E-state index contributed by atoms with van der Waals surface area (Å²) in [7, 11) is 1.81. The number of halogens is 2. The molecule has 1 aromatic heterocycles. The fourth-order valence-corrected chi connectivity index (χ4v) is 3.00. The molecule has 0 saturated heterocycles. The van der Waals surface area contributed by atoms with E-state index in [1.54, 1.807) is 0 Å². The van der Waals surface area contributed by atoms with E-state index < -0.39 is 5.82 Å². The highest BCUT2D eigenvalue weighted by atomic mass is 35.5. The second-order valence-corrected chi connectivity index (χ2v) is 6.47. The maximum atomic E-state index is 13.5. The first-order chi connectivity index (χ1) is 9.94. The van der Waals surface area contributed by atoms with Gasteiger partial charge in [0.2, 0.25) is 5.91 Å². The molecule has 1 amide bonds. The molecule has 7 heteroatoms. The zero-order valence-electron chi connectivity index (χ0n) is 11.4. The molecule has 2 aromatic rings. The average Bonchev–Trinajstić information content (AvgIpc) is 2.79. The van der Waals surface area contributed by atoms with Crippen molar-refractivity contribution in [3.05, 3.63) is 45.4 Å². The van der Waals surface area contributed by atoms with Gasteiger partial charge in [-0.15, -0.1) is 11.3 Å². The third-order valence-corrected chi connectivity index (χ3v) is 3.95. The lowest BCUT2D eigenvalue weighted by Gasteiger charge is -2.15. The lowest BCUT2D eigenvalue weighted by molar-refractivity contribution is -0.117. The summed E-state index contributed by atoms with van der Waals surface area (Å²) in [6, 6.07) is 7.79. The molecule has 0 spiro atoms. The third-order valence-electron chi connectivity index (χ3n) is 2.73. The van der Waals surface area contributed by atoms with Crippen molar-refractivity contribution in [1.29, 1.82) is 0 Å². The summed E-state index contributed by atoms with van der Waals surface area (Å²) in [4.78, 5) is 14.8. The molecule has 0 aliphatic heterocycles. The normalized spacial score (nSPS) is 10.9. The summed E-state index contributed by atoms with van der Waals surface area (Å²) in [6.07, 6.45) is 0. The van der Waals surface area contributed by atoms with Gasteiger partial charge < -0.3 is 11.1 Å². The summed E-state index contributed by atoms with van der Waals surface area (Å²) in [6.45, 7) is 0.744. The molecule has 0 aliphatic carbocycles. The van der Waals surface area contributed by atoms with Crippen molar-refractivity contribution >= 4 is 40.2 Å². The van der Waals surface area contributed by atoms with Gasteiger partial charge in [-0.1, -0.05) is 11.6 Å². The average molecular weight is 328 g/mol. The first-order valence-electron chi connectivity index (χ1n) is 6.21. The van der Waals surface area contributed by atoms with E-state index in [-0.39, 0.29) is 18.1 Å². The molecule has 0 saturated carbocycles. The van der Waals surface area contributed by atoms with Crippen LogP contribution in [-0.4, -0.2) is 24.4 Å². The molecule has 4 nitrogen and oxygen atoms in total. The minimum Gasteiger partial charge on any atom is -0.399 e. The fourth-order valence-electron chi connectivity index (χ4n) is 1.83. The number of hydrogen-bond acceptors (Lipinski definition) is 4. The van der Waals surface area contributed by atoms with Crippen molar-refractivity contribution < 1.29 is 9.18 Å². The van der Waals surface area contributed by atoms with Crippen LogP contribution >= 0.6 is 22.9 Å². The molecule has 2 rings (SSSR count). The largest absolute Gasteiger partial charge is 0.399 e. The molecule has 0 radical (unpaired) electrons. The van der Waals surface area contributed by atoms with E-state index in [1.165, 1.54) is 29.5 Å². The van der Waals surface area contributed by atoms with Gasteiger partial charge in [-0.25, -0.2) is 4.39 Å². The fraction of sp³-hybridized carbons (Fsp3) is 0.214. The number of nitrogens with two attached hydrogens (primary N) is 1. The number of nitrogens with zero attached hydrogens (tertiary/aromatic N) is 1. The van der Waals surface area contributed by atoms with Gasteiger partial charge in [0, 0.05) is 17.1 Å². The Morgan fingerprint density at radius 1 is 1.43 bits per heavy atom. The van der Waals surface area contributed by atoms with E-state index in [0.29, 0.717) is 16.6 Å². The third kappa shape index (κ3) is 4.70. The van der Waals surface area contributed by atoms with Crippen LogP contribution in [0.4, 0.5) is 15.8 Å².